The molecular formula is C16H25F2NO4. The fourth-order valence-corrected chi connectivity index (χ4v) is 3.32. The maximum Gasteiger partial charge on any atom is 0.308 e. The summed E-state index contributed by atoms with van der Waals surface area (Å²) < 4.78 is 39.3. The lowest BCUT2D eigenvalue weighted by atomic mass is 9.62. The summed E-state index contributed by atoms with van der Waals surface area (Å²) in [6.07, 6.45) is 0.102. The van der Waals surface area contributed by atoms with Crippen molar-refractivity contribution in [3.63, 3.8) is 0 Å². The molecular weight excluding hydrogens is 308 g/mol. The molecule has 0 radical (unpaired) electrons. The Morgan fingerprint density at radius 3 is 2.52 bits per heavy atom. The van der Waals surface area contributed by atoms with Crippen LogP contribution in [-0.2, 0) is 19.1 Å². The van der Waals surface area contributed by atoms with E-state index in [0.717, 1.165) is 0 Å². The molecule has 2 bridgehead atoms. The van der Waals surface area contributed by atoms with Crippen LogP contribution in [0.25, 0.3) is 0 Å². The first-order chi connectivity index (χ1) is 10.6. The lowest BCUT2D eigenvalue weighted by Gasteiger charge is -2.59. The Bertz CT molecular complexity index is 496. The summed E-state index contributed by atoms with van der Waals surface area (Å²) in [5, 5.41) is 0. The number of carbonyl (C=O) groups excluding carboxylic acids is 2. The summed E-state index contributed by atoms with van der Waals surface area (Å²) in [5.41, 5.74) is -3.04. The highest BCUT2D eigenvalue weighted by Crippen LogP contribution is 2.53. The normalized spacial score (nSPS) is 35.6. The zero-order valence-corrected chi connectivity index (χ0v) is 14.2. The number of hydrogen-bond donors (Lipinski definition) is 0. The van der Waals surface area contributed by atoms with Gasteiger partial charge in [-0.15, -0.1) is 0 Å². The monoisotopic (exact) mass is 333 g/mol. The average molecular weight is 333 g/mol. The summed E-state index contributed by atoms with van der Waals surface area (Å²) in [6.45, 7) is 6.37. The number of esters is 1. The molecule has 7 heteroatoms. The Balaban J connectivity index is 2.31. The fourth-order valence-electron chi connectivity index (χ4n) is 3.32. The van der Waals surface area contributed by atoms with E-state index in [1.54, 1.807) is 20.8 Å². The van der Waals surface area contributed by atoms with E-state index in [2.05, 4.69) is 0 Å². The van der Waals surface area contributed by atoms with Gasteiger partial charge >= 0.3 is 5.97 Å². The summed E-state index contributed by atoms with van der Waals surface area (Å²) in [7, 11) is 0. The minimum atomic E-state index is -3.08. The van der Waals surface area contributed by atoms with Crippen LogP contribution in [0.2, 0.25) is 0 Å². The van der Waals surface area contributed by atoms with Gasteiger partial charge < -0.3 is 9.47 Å². The molecule has 0 aliphatic carbocycles. The first-order valence-corrected chi connectivity index (χ1v) is 8.03. The number of ketones is 1. The Hall–Kier alpha value is -1.08. The summed E-state index contributed by atoms with van der Waals surface area (Å²) >= 11 is 0. The molecule has 132 valence electrons. The maximum atomic E-state index is 14.3. The van der Waals surface area contributed by atoms with E-state index in [1.165, 1.54) is 11.8 Å². The van der Waals surface area contributed by atoms with E-state index in [-0.39, 0.29) is 25.6 Å². The van der Waals surface area contributed by atoms with E-state index in [4.69, 9.17) is 9.47 Å². The zero-order chi connectivity index (χ0) is 17.5. The number of carbonyl (C=O) groups is 2. The van der Waals surface area contributed by atoms with Gasteiger partial charge in [0, 0.05) is 13.2 Å². The second-order valence-electron chi connectivity index (χ2n) is 6.97. The molecule has 0 aromatic heterocycles. The van der Waals surface area contributed by atoms with Crippen molar-refractivity contribution in [1.82, 2.24) is 4.90 Å². The molecule has 3 unspecified atom stereocenters. The third-order valence-corrected chi connectivity index (χ3v) is 5.08. The molecule has 3 aliphatic heterocycles. The Morgan fingerprint density at radius 1 is 1.35 bits per heavy atom. The van der Waals surface area contributed by atoms with Crippen LogP contribution < -0.4 is 0 Å². The molecule has 3 saturated heterocycles. The summed E-state index contributed by atoms with van der Waals surface area (Å²) in [6, 6.07) is 0. The van der Waals surface area contributed by atoms with Crippen LogP contribution in [0.4, 0.5) is 8.78 Å². The highest BCUT2D eigenvalue weighted by molar-refractivity contribution is 5.96. The van der Waals surface area contributed by atoms with Crippen LogP contribution in [0, 0.1) is 11.3 Å². The lowest BCUT2D eigenvalue weighted by molar-refractivity contribution is -0.233. The van der Waals surface area contributed by atoms with Gasteiger partial charge in [-0.05, 0) is 20.3 Å². The van der Waals surface area contributed by atoms with E-state index in [9.17, 15) is 18.4 Å². The SMILES string of the molecule is CCOCC1(COC(=O)C(C)C)C(=O)C2(C)CCN1CC2(F)F. The number of fused-ring (bicyclic) bond motifs is 3. The Kier molecular flexibility index (Phi) is 4.84. The van der Waals surface area contributed by atoms with Gasteiger partial charge in [0.15, 0.2) is 5.78 Å². The second-order valence-corrected chi connectivity index (χ2v) is 6.97. The molecule has 3 atom stereocenters. The topological polar surface area (TPSA) is 55.8 Å². The van der Waals surface area contributed by atoms with Gasteiger partial charge in [0.25, 0.3) is 5.92 Å². The maximum absolute atomic E-state index is 14.3. The molecule has 3 aliphatic rings. The van der Waals surface area contributed by atoms with Gasteiger partial charge in [-0.3, -0.25) is 14.5 Å². The number of hydrogen-bond acceptors (Lipinski definition) is 5. The largest absolute Gasteiger partial charge is 0.463 e. The number of nitrogens with zero attached hydrogens (tertiary/aromatic N) is 1. The first-order valence-electron chi connectivity index (χ1n) is 8.03. The predicted octanol–water partition coefficient (Wildman–Crippen LogP) is 1.89. The van der Waals surface area contributed by atoms with Crippen molar-refractivity contribution in [3.8, 4) is 0 Å². The van der Waals surface area contributed by atoms with Gasteiger partial charge in [-0.2, -0.15) is 0 Å². The van der Waals surface area contributed by atoms with Crippen molar-refractivity contribution in [1.29, 1.82) is 0 Å². The fraction of sp³-hybridized carbons (Fsp3) is 0.875. The number of alkyl halides is 2. The summed E-state index contributed by atoms with van der Waals surface area (Å²) in [4.78, 5) is 26.2. The number of rotatable bonds is 6. The van der Waals surface area contributed by atoms with Gasteiger partial charge in [0.1, 0.15) is 12.1 Å². The molecule has 3 fully saturated rings. The van der Waals surface area contributed by atoms with Gasteiger partial charge in [0.2, 0.25) is 0 Å². The molecule has 23 heavy (non-hydrogen) atoms. The molecule has 0 N–H and O–H groups in total. The van der Waals surface area contributed by atoms with E-state index in [0.29, 0.717) is 13.2 Å². The summed E-state index contributed by atoms with van der Waals surface area (Å²) in [5.74, 6) is -4.46. The van der Waals surface area contributed by atoms with Gasteiger partial charge in [-0.25, -0.2) is 8.78 Å². The second kappa shape index (κ2) is 6.09. The van der Waals surface area contributed by atoms with Crippen LogP contribution in [-0.4, -0.2) is 61.0 Å². The van der Waals surface area contributed by atoms with Gasteiger partial charge in [-0.1, -0.05) is 13.8 Å². The third kappa shape index (κ3) is 2.78. The first kappa shape index (κ1) is 18.3. The number of halogens is 2. The van der Waals surface area contributed by atoms with Crippen LogP contribution in [0.5, 0.6) is 0 Å². The molecule has 0 amide bonds. The van der Waals surface area contributed by atoms with Gasteiger partial charge in [0.05, 0.1) is 24.5 Å². The molecule has 0 aromatic rings. The highest BCUT2D eigenvalue weighted by atomic mass is 19.3. The van der Waals surface area contributed by atoms with E-state index >= 15 is 0 Å². The third-order valence-electron chi connectivity index (χ3n) is 5.08. The number of piperidine rings is 3. The van der Waals surface area contributed by atoms with Crippen LogP contribution in [0.1, 0.15) is 34.1 Å². The molecule has 5 nitrogen and oxygen atoms in total. The number of ether oxygens (including phenoxy) is 2. The van der Waals surface area contributed by atoms with Crippen molar-refractivity contribution in [3.05, 3.63) is 0 Å². The average Bonchev–Trinajstić information content (AvgIpc) is 2.48. The lowest BCUT2D eigenvalue weighted by Crippen LogP contribution is -2.78. The minimum absolute atomic E-state index is 0.0423. The van der Waals surface area contributed by atoms with Crippen molar-refractivity contribution in [2.24, 2.45) is 11.3 Å². The molecule has 0 saturated carbocycles. The van der Waals surface area contributed by atoms with Crippen molar-refractivity contribution < 1.29 is 27.8 Å². The Labute approximate surface area is 135 Å². The van der Waals surface area contributed by atoms with Crippen LogP contribution in [0.3, 0.4) is 0 Å². The van der Waals surface area contributed by atoms with Crippen molar-refractivity contribution in [2.45, 2.75) is 45.6 Å². The van der Waals surface area contributed by atoms with Crippen molar-refractivity contribution >= 4 is 11.8 Å². The number of Topliss-reactive ketones (excluding diaryl/α,β-unsaturated/α-hetero) is 1. The standard InChI is InChI=1S/C16H25F2NO4/c1-5-22-9-15(10-23-12(20)11(2)3)13(21)14(4)6-7-19(15)8-16(14,17)18/h11H,5-10H2,1-4H3. The molecule has 3 heterocycles. The van der Waals surface area contributed by atoms with E-state index in [1.807, 2.05) is 0 Å². The molecule has 0 spiro atoms. The minimum Gasteiger partial charge on any atom is -0.463 e. The zero-order valence-electron chi connectivity index (χ0n) is 14.2. The van der Waals surface area contributed by atoms with Crippen LogP contribution in [0.15, 0.2) is 0 Å². The highest BCUT2D eigenvalue weighted by Gasteiger charge is 2.70. The van der Waals surface area contributed by atoms with Crippen molar-refractivity contribution in [2.75, 3.05) is 32.9 Å². The quantitative estimate of drug-likeness (QED) is 0.695. The smallest absolute Gasteiger partial charge is 0.308 e. The van der Waals surface area contributed by atoms with Crippen LogP contribution >= 0.6 is 0 Å². The van der Waals surface area contributed by atoms with E-state index < -0.39 is 35.2 Å². The molecule has 0 aromatic carbocycles. The Morgan fingerprint density at radius 2 is 2.00 bits per heavy atom. The predicted molar refractivity (Wildman–Crippen MR) is 79.3 cm³/mol. The molecule has 3 rings (SSSR count).